The van der Waals surface area contributed by atoms with Gasteiger partial charge in [0.1, 0.15) is 5.82 Å². The van der Waals surface area contributed by atoms with Gasteiger partial charge in [-0.25, -0.2) is 9.18 Å². The van der Waals surface area contributed by atoms with E-state index in [1.165, 1.54) is 23.9 Å². The minimum atomic E-state index is -0.951. The van der Waals surface area contributed by atoms with Crippen molar-refractivity contribution in [2.45, 2.75) is 17.8 Å². The Bertz CT molecular complexity index is 1170. The zero-order valence-electron chi connectivity index (χ0n) is 16.1. The molecule has 5 nitrogen and oxygen atoms in total. The predicted octanol–water partition coefficient (Wildman–Crippen LogP) is 5.37. The number of halogens is 1. The molecule has 1 heterocycles. The third-order valence-electron chi connectivity index (χ3n) is 4.60. The summed E-state index contributed by atoms with van der Waals surface area (Å²) < 4.78 is 15.4. The summed E-state index contributed by atoms with van der Waals surface area (Å²) in [5.74, 6) is 0.00222. The molecule has 0 amide bonds. The van der Waals surface area contributed by atoms with Crippen LogP contribution in [0, 0.1) is 12.7 Å². The Labute approximate surface area is 177 Å². The topological polar surface area (TPSA) is 68.0 Å². The van der Waals surface area contributed by atoms with Gasteiger partial charge in [-0.05, 0) is 48.9 Å². The number of hydrogen-bond donors (Lipinski definition) is 1. The van der Waals surface area contributed by atoms with Crippen molar-refractivity contribution in [2.24, 2.45) is 0 Å². The number of thioether (sulfide) groups is 1. The average Bonchev–Trinajstić information content (AvgIpc) is 3.17. The predicted molar refractivity (Wildman–Crippen MR) is 114 cm³/mol. The van der Waals surface area contributed by atoms with Gasteiger partial charge in [-0.2, -0.15) is 0 Å². The van der Waals surface area contributed by atoms with E-state index in [1.54, 1.807) is 36.4 Å². The van der Waals surface area contributed by atoms with Crippen molar-refractivity contribution < 1.29 is 14.3 Å². The molecule has 0 fully saturated rings. The maximum absolute atomic E-state index is 13.5. The number of aromatic nitrogens is 3. The molecule has 0 spiro atoms. The fraction of sp³-hybridized carbons (Fsp3) is 0.0870. The van der Waals surface area contributed by atoms with Crippen LogP contribution in [-0.4, -0.2) is 25.8 Å². The third kappa shape index (κ3) is 4.26. The molecule has 0 saturated carbocycles. The molecule has 0 radical (unpaired) electrons. The number of benzene rings is 3. The quantitative estimate of drug-likeness (QED) is 0.426. The van der Waals surface area contributed by atoms with E-state index < -0.39 is 5.97 Å². The molecule has 1 N–H and O–H groups in total. The van der Waals surface area contributed by atoms with Gasteiger partial charge < -0.3 is 5.11 Å². The lowest BCUT2D eigenvalue weighted by molar-refractivity contribution is 0.0697. The van der Waals surface area contributed by atoms with E-state index in [-0.39, 0.29) is 11.4 Å². The Kier molecular flexibility index (Phi) is 5.63. The highest BCUT2D eigenvalue weighted by Gasteiger charge is 2.16. The molecule has 30 heavy (non-hydrogen) atoms. The molecular weight excluding hydrogens is 401 g/mol. The minimum absolute atomic E-state index is 0.250. The second kappa shape index (κ2) is 8.51. The maximum Gasteiger partial charge on any atom is 0.335 e. The standard InChI is InChI=1S/C23H18FN3O2S/c1-15-2-6-17(7-3-15)21-25-26-23(27(21)20-12-10-19(24)11-13-20)30-14-16-4-8-18(9-5-16)22(28)29/h2-13H,14H2,1H3,(H,28,29). The van der Waals surface area contributed by atoms with Crippen LogP contribution in [0.1, 0.15) is 21.5 Å². The first kappa shape index (κ1) is 19.8. The lowest BCUT2D eigenvalue weighted by atomic mass is 10.1. The zero-order chi connectivity index (χ0) is 21.1. The van der Waals surface area contributed by atoms with E-state index in [4.69, 9.17) is 5.11 Å². The SMILES string of the molecule is Cc1ccc(-c2nnc(SCc3ccc(C(=O)O)cc3)n2-c2ccc(F)cc2)cc1. The second-order valence-corrected chi connectivity index (χ2v) is 7.72. The molecule has 1 aromatic heterocycles. The Hall–Kier alpha value is -3.45. The number of aromatic carboxylic acids is 1. The van der Waals surface area contributed by atoms with E-state index in [9.17, 15) is 9.18 Å². The summed E-state index contributed by atoms with van der Waals surface area (Å²) in [5.41, 5.74) is 4.04. The van der Waals surface area contributed by atoms with Crippen LogP contribution in [0.25, 0.3) is 17.1 Å². The first-order valence-corrected chi connectivity index (χ1v) is 10.2. The number of carboxylic acids is 1. The van der Waals surface area contributed by atoms with Crippen molar-refractivity contribution in [3.63, 3.8) is 0 Å². The zero-order valence-corrected chi connectivity index (χ0v) is 16.9. The lowest BCUT2D eigenvalue weighted by Gasteiger charge is -2.11. The molecule has 3 aromatic carbocycles. The van der Waals surface area contributed by atoms with Crippen molar-refractivity contribution in [2.75, 3.05) is 0 Å². The van der Waals surface area contributed by atoms with Gasteiger partial charge in [0.05, 0.1) is 5.56 Å². The fourth-order valence-corrected chi connectivity index (χ4v) is 3.88. The Morgan fingerprint density at radius 1 is 0.967 bits per heavy atom. The number of carboxylic acid groups (broad SMARTS) is 1. The van der Waals surface area contributed by atoms with Crippen LogP contribution in [0.2, 0.25) is 0 Å². The van der Waals surface area contributed by atoms with Crippen LogP contribution >= 0.6 is 11.8 Å². The molecule has 0 unspecified atom stereocenters. The molecule has 0 aliphatic heterocycles. The molecule has 0 aliphatic rings. The molecule has 0 bridgehead atoms. The van der Waals surface area contributed by atoms with E-state index in [0.717, 1.165) is 22.4 Å². The van der Waals surface area contributed by atoms with Gasteiger partial charge in [0, 0.05) is 17.0 Å². The highest BCUT2D eigenvalue weighted by molar-refractivity contribution is 7.98. The Balaban J connectivity index is 1.67. The number of aryl methyl sites for hydroxylation is 1. The van der Waals surface area contributed by atoms with Crippen LogP contribution in [0.4, 0.5) is 4.39 Å². The van der Waals surface area contributed by atoms with Crippen LogP contribution in [0.5, 0.6) is 0 Å². The molecule has 4 aromatic rings. The van der Waals surface area contributed by atoms with Gasteiger partial charge in [-0.3, -0.25) is 4.57 Å². The highest BCUT2D eigenvalue weighted by atomic mass is 32.2. The minimum Gasteiger partial charge on any atom is -0.478 e. The largest absolute Gasteiger partial charge is 0.478 e. The van der Waals surface area contributed by atoms with Gasteiger partial charge >= 0.3 is 5.97 Å². The number of rotatable bonds is 6. The summed E-state index contributed by atoms with van der Waals surface area (Å²) in [6, 6.07) is 20.9. The van der Waals surface area contributed by atoms with Crippen molar-refractivity contribution >= 4 is 17.7 Å². The first-order valence-electron chi connectivity index (χ1n) is 9.25. The molecule has 7 heteroatoms. The number of hydrogen-bond acceptors (Lipinski definition) is 4. The summed E-state index contributed by atoms with van der Waals surface area (Å²) >= 11 is 1.48. The van der Waals surface area contributed by atoms with Crippen LogP contribution < -0.4 is 0 Å². The first-order chi connectivity index (χ1) is 14.5. The van der Waals surface area contributed by atoms with Gasteiger partial charge in [0.25, 0.3) is 0 Å². The summed E-state index contributed by atoms with van der Waals surface area (Å²) in [7, 11) is 0. The van der Waals surface area contributed by atoms with E-state index in [0.29, 0.717) is 16.7 Å². The molecule has 0 aliphatic carbocycles. The van der Waals surface area contributed by atoms with Gasteiger partial charge in [-0.15, -0.1) is 10.2 Å². The van der Waals surface area contributed by atoms with E-state index in [2.05, 4.69) is 10.2 Å². The maximum atomic E-state index is 13.5. The smallest absolute Gasteiger partial charge is 0.335 e. The van der Waals surface area contributed by atoms with Crippen molar-refractivity contribution in [3.05, 3.63) is 95.3 Å². The second-order valence-electron chi connectivity index (χ2n) is 6.77. The van der Waals surface area contributed by atoms with E-state index in [1.807, 2.05) is 35.8 Å². The average molecular weight is 419 g/mol. The summed E-state index contributed by atoms with van der Waals surface area (Å²) in [4.78, 5) is 11.0. The van der Waals surface area contributed by atoms with Crippen molar-refractivity contribution in [3.8, 4) is 17.1 Å². The molecule has 0 atom stereocenters. The number of carbonyl (C=O) groups is 1. The van der Waals surface area contributed by atoms with Crippen LogP contribution in [0.15, 0.2) is 78.0 Å². The molecule has 4 rings (SSSR count). The molecular formula is C23H18FN3O2S. The Morgan fingerprint density at radius 2 is 1.63 bits per heavy atom. The van der Waals surface area contributed by atoms with Crippen molar-refractivity contribution in [1.82, 2.24) is 14.8 Å². The van der Waals surface area contributed by atoms with Crippen molar-refractivity contribution in [1.29, 1.82) is 0 Å². The van der Waals surface area contributed by atoms with E-state index >= 15 is 0 Å². The lowest BCUT2D eigenvalue weighted by Crippen LogP contribution is -2.00. The molecule has 0 saturated heterocycles. The normalized spacial score (nSPS) is 10.9. The van der Waals surface area contributed by atoms with Crippen LogP contribution in [0.3, 0.4) is 0 Å². The fourth-order valence-electron chi connectivity index (χ4n) is 2.97. The Morgan fingerprint density at radius 3 is 2.27 bits per heavy atom. The summed E-state index contributed by atoms with van der Waals surface area (Å²) in [6.07, 6.45) is 0. The van der Waals surface area contributed by atoms with Gasteiger partial charge in [0.2, 0.25) is 0 Å². The molecule has 150 valence electrons. The highest BCUT2D eigenvalue weighted by Crippen LogP contribution is 2.30. The van der Waals surface area contributed by atoms with Gasteiger partial charge in [0.15, 0.2) is 11.0 Å². The summed E-state index contributed by atoms with van der Waals surface area (Å²) in [6.45, 7) is 2.02. The third-order valence-corrected chi connectivity index (χ3v) is 5.60. The van der Waals surface area contributed by atoms with Crippen LogP contribution in [-0.2, 0) is 5.75 Å². The monoisotopic (exact) mass is 419 g/mol. The van der Waals surface area contributed by atoms with Gasteiger partial charge in [-0.1, -0.05) is 53.7 Å². The number of nitrogens with zero attached hydrogens (tertiary/aromatic N) is 3. The summed E-state index contributed by atoms with van der Waals surface area (Å²) in [5, 5.41) is 18.5.